The summed E-state index contributed by atoms with van der Waals surface area (Å²) in [5.74, 6) is 1.75. The SMILES string of the molecule is C[CH]S(=O)(=O)CC(C)C. The van der Waals surface area contributed by atoms with Crippen LogP contribution in [0.3, 0.4) is 0 Å². The minimum atomic E-state index is -2.84. The molecule has 1 radical (unpaired) electrons. The Morgan fingerprint density at radius 3 is 2.00 bits per heavy atom. The third kappa shape index (κ3) is 4.45. The number of sulfone groups is 1. The molecule has 0 spiro atoms. The second-order valence-electron chi connectivity index (χ2n) is 2.46. The van der Waals surface area contributed by atoms with Crippen molar-refractivity contribution in [3.05, 3.63) is 5.75 Å². The average Bonchev–Trinajstić information content (AvgIpc) is 1.63. The largest absolute Gasteiger partial charge is 0.229 e. The van der Waals surface area contributed by atoms with Crippen LogP contribution in [0.5, 0.6) is 0 Å². The first kappa shape index (κ1) is 8.95. The smallest absolute Gasteiger partial charge is 0.154 e. The van der Waals surface area contributed by atoms with Crippen LogP contribution in [0.2, 0.25) is 0 Å². The molecule has 0 aliphatic carbocycles. The van der Waals surface area contributed by atoms with Crippen LogP contribution in [0, 0.1) is 11.7 Å². The van der Waals surface area contributed by atoms with Gasteiger partial charge in [0.25, 0.3) is 0 Å². The van der Waals surface area contributed by atoms with Gasteiger partial charge in [-0.1, -0.05) is 13.8 Å². The Balaban J connectivity index is 3.90. The third-order valence-electron chi connectivity index (χ3n) is 0.925. The van der Waals surface area contributed by atoms with Crippen molar-refractivity contribution >= 4 is 9.84 Å². The summed E-state index contributed by atoms with van der Waals surface area (Å²) in [5.41, 5.74) is 0. The summed E-state index contributed by atoms with van der Waals surface area (Å²) in [5, 5.41) is 0. The van der Waals surface area contributed by atoms with Crippen molar-refractivity contribution in [2.45, 2.75) is 20.8 Å². The Kier molecular flexibility index (Phi) is 3.18. The predicted octanol–water partition coefficient (Wildman–Crippen LogP) is 1.24. The van der Waals surface area contributed by atoms with E-state index >= 15 is 0 Å². The van der Waals surface area contributed by atoms with Gasteiger partial charge in [-0.05, 0) is 12.8 Å². The summed E-state index contributed by atoms with van der Waals surface area (Å²) in [6, 6.07) is 0. The van der Waals surface area contributed by atoms with Crippen molar-refractivity contribution in [3.8, 4) is 0 Å². The molecule has 0 aromatic carbocycles. The molecule has 0 bridgehead atoms. The van der Waals surface area contributed by atoms with Crippen LogP contribution in [0.1, 0.15) is 20.8 Å². The van der Waals surface area contributed by atoms with Gasteiger partial charge in [0.1, 0.15) is 0 Å². The summed E-state index contributed by atoms with van der Waals surface area (Å²) in [6.07, 6.45) is 0. The molecule has 0 fully saturated rings. The molecule has 2 nitrogen and oxygen atoms in total. The molecule has 0 aromatic rings. The number of rotatable bonds is 3. The summed E-state index contributed by atoms with van der Waals surface area (Å²) in [4.78, 5) is 0. The molecule has 0 amide bonds. The lowest BCUT2D eigenvalue weighted by Crippen LogP contribution is -2.09. The van der Waals surface area contributed by atoms with Crippen molar-refractivity contribution in [1.82, 2.24) is 0 Å². The van der Waals surface area contributed by atoms with E-state index in [0.717, 1.165) is 0 Å². The zero-order valence-corrected chi connectivity index (χ0v) is 6.90. The first-order valence-corrected chi connectivity index (χ1v) is 4.71. The summed E-state index contributed by atoms with van der Waals surface area (Å²) < 4.78 is 21.5. The fourth-order valence-electron chi connectivity index (χ4n) is 0.561. The lowest BCUT2D eigenvalue weighted by atomic mass is 10.3. The average molecular weight is 149 g/mol. The summed E-state index contributed by atoms with van der Waals surface area (Å²) in [6.45, 7) is 5.33. The molecule has 3 heteroatoms. The first-order valence-electron chi connectivity index (χ1n) is 3.00. The first-order chi connectivity index (χ1) is 3.98. The van der Waals surface area contributed by atoms with Crippen LogP contribution in [0.4, 0.5) is 0 Å². The maximum Gasteiger partial charge on any atom is 0.154 e. The molecule has 0 heterocycles. The van der Waals surface area contributed by atoms with E-state index in [1.165, 1.54) is 5.75 Å². The van der Waals surface area contributed by atoms with Gasteiger partial charge in [-0.3, -0.25) is 0 Å². The van der Waals surface area contributed by atoms with Gasteiger partial charge in [-0.25, -0.2) is 8.42 Å². The Bertz CT molecular complexity index is 156. The molecule has 0 aliphatic heterocycles. The quantitative estimate of drug-likeness (QED) is 0.605. The molecule has 0 aromatic heterocycles. The highest BCUT2D eigenvalue weighted by Crippen LogP contribution is 2.02. The van der Waals surface area contributed by atoms with Crippen LogP contribution in [-0.2, 0) is 9.84 Å². The van der Waals surface area contributed by atoms with Crippen molar-refractivity contribution in [1.29, 1.82) is 0 Å². The van der Waals surface area contributed by atoms with E-state index in [-0.39, 0.29) is 11.7 Å². The molecular weight excluding hydrogens is 136 g/mol. The molecular formula is C6H13O2S. The lowest BCUT2D eigenvalue weighted by molar-refractivity contribution is 0.588. The van der Waals surface area contributed by atoms with E-state index in [4.69, 9.17) is 0 Å². The fourth-order valence-corrected chi connectivity index (χ4v) is 1.68. The molecule has 0 saturated carbocycles. The molecule has 55 valence electrons. The van der Waals surface area contributed by atoms with Crippen molar-refractivity contribution in [3.63, 3.8) is 0 Å². The maximum absolute atomic E-state index is 10.8. The fraction of sp³-hybridized carbons (Fsp3) is 0.833. The van der Waals surface area contributed by atoms with Crippen LogP contribution < -0.4 is 0 Å². The van der Waals surface area contributed by atoms with Gasteiger partial charge in [-0.15, -0.1) is 0 Å². The molecule has 0 rings (SSSR count). The molecule has 0 atom stereocenters. The molecule has 0 N–H and O–H groups in total. The van der Waals surface area contributed by atoms with E-state index in [1.807, 2.05) is 13.8 Å². The monoisotopic (exact) mass is 149 g/mol. The van der Waals surface area contributed by atoms with Crippen molar-refractivity contribution in [2.75, 3.05) is 5.75 Å². The van der Waals surface area contributed by atoms with E-state index < -0.39 is 9.84 Å². The van der Waals surface area contributed by atoms with Gasteiger partial charge >= 0.3 is 0 Å². The van der Waals surface area contributed by atoms with Crippen LogP contribution in [0.25, 0.3) is 0 Å². The second kappa shape index (κ2) is 3.20. The van der Waals surface area contributed by atoms with E-state index in [2.05, 4.69) is 0 Å². The zero-order valence-electron chi connectivity index (χ0n) is 6.09. The van der Waals surface area contributed by atoms with Gasteiger partial charge in [0.15, 0.2) is 9.84 Å². The normalized spacial score (nSPS) is 12.4. The lowest BCUT2D eigenvalue weighted by Gasteiger charge is -2.01. The van der Waals surface area contributed by atoms with Crippen LogP contribution in [0.15, 0.2) is 0 Å². The van der Waals surface area contributed by atoms with Gasteiger partial charge in [0, 0.05) is 0 Å². The van der Waals surface area contributed by atoms with E-state index in [9.17, 15) is 8.42 Å². The highest BCUT2D eigenvalue weighted by atomic mass is 32.2. The Hall–Kier alpha value is -0.0500. The van der Waals surface area contributed by atoms with Gasteiger partial charge in [0.2, 0.25) is 0 Å². The predicted molar refractivity (Wildman–Crippen MR) is 38.6 cm³/mol. The maximum atomic E-state index is 10.8. The highest BCUT2D eigenvalue weighted by Gasteiger charge is 2.09. The van der Waals surface area contributed by atoms with Crippen molar-refractivity contribution in [2.24, 2.45) is 5.92 Å². The van der Waals surface area contributed by atoms with Gasteiger partial charge in [0.05, 0.1) is 11.5 Å². The number of hydrogen-bond acceptors (Lipinski definition) is 2. The van der Waals surface area contributed by atoms with Gasteiger partial charge < -0.3 is 0 Å². The zero-order chi connectivity index (χ0) is 7.49. The minimum absolute atomic E-state index is 0.228. The topological polar surface area (TPSA) is 34.1 Å². The molecule has 0 unspecified atom stereocenters. The Morgan fingerprint density at radius 2 is 1.89 bits per heavy atom. The summed E-state index contributed by atoms with van der Waals surface area (Å²) >= 11 is 0. The number of hydrogen-bond donors (Lipinski definition) is 0. The minimum Gasteiger partial charge on any atom is -0.229 e. The molecule has 0 aliphatic rings. The summed E-state index contributed by atoms with van der Waals surface area (Å²) in [7, 11) is -2.84. The standard InChI is InChI=1S/C6H13O2S/c1-4-9(7,8)5-6(2)3/h4,6H,5H2,1-3H3. The van der Waals surface area contributed by atoms with Crippen molar-refractivity contribution < 1.29 is 8.42 Å². The van der Waals surface area contributed by atoms with E-state index in [0.29, 0.717) is 0 Å². The Morgan fingerprint density at radius 1 is 1.44 bits per heavy atom. The molecule has 0 saturated heterocycles. The van der Waals surface area contributed by atoms with Crippen LogP contribution >= 0.6 is 0 Å². The second-order valence-corrected chi connectivity index (χ2v) is 4.59. The third-order valence-corrected chi connectivity index (χ3v) is 2.77. The molecule has 9 heavy (non-hydrogen) atoms. The van der Waals surface area contributed by atoms with Crippen LogP contribution in [-0.4, -0.2) is 14.2 Å². The van der Waals surface area contributed by atoms with Gasteiger partial charge in [-0.2, -0.15) is 0 Å². The van der Waals surface area contributed by atoms with E-state index in [1.54, 1.807) is 6.92 Å². The Labute approximate surface area is 57.2 Å². The highest BCUT2D eigenvalue weighted by molar-refractivity contribution is 7.93.